The largest absolute Gasteiger partial charge is 0.352 e. The minimum Gasteiger partial charge on any atom is -0.352 e. The lowest BCUT2D eigenvalue weighted by molar-refractivity contribution is -0.120. The van der Waals surface area contributed by atoms with Gasteiger partial charge in [0.1, 0.15) is 0 Å². The van der Waals surface area contributed by atoms with E-state index >= 15 is 0 Å². The standard InChI is InChI=1S/C13H16N4O/c14-6-12-4-2-1-3-11(12)5-13(18)15-7-10-8-16-17-9-10/h1-4,8-9H,5-7,14H2,(H,15,18)(H,16,17). The van der Waals surface area contributed by atoms with Crippen LogP contribution in [0.5, 0.6) is 0 Å². The zero-order valence-electron chi connectivity index (χ0n) is 10.0. The van der Waals surface area contributed by atoms with Gasteiger partial charge in [-0.05, 0) is 11.1 Å². The minimum atomic E-state index is -0.0166. The van der Waals surface area contributed by atoms with E-state index in [1.807, 2.05) is 24.3 Å². The highest BCUT2D eigenvalue weighted by Gasteiger charge is 2.06. The van der Waals surface area contributed by atoms with Crippen molar-refractivity contribution in [3.05, 3.63) is 53.3 Å². The molecule has 4 N–H and O–H groups in total. The first-order valence-corrected chi connectivity index (χ1v) is 5.81. The smallest absolute Gasteiger partial charge is 0.224 e. The molecule has 1 aromatic carbocycles. The zero-order chi connectivity index (χ0) is 12.8. The molecule has 18 heavy (non-hydrogen) atoms. The Morgan fingerprint density at radius 2 is 2.11 bits per heavy atom. The van der Waals surface area contributed by atoms with Gasteiger partial charge in [-0.2, -0.15) is 5.10 Å². The molecule has 5 nitrogen and oxygen atoms in total. The molecule has 2 aromatic rings. The Bertz CT molecular complexity index is 507. The van der Waals surface area contributed by atoms with Crippen LogP contribution in [0.25, 0.3) is 0 Å². The molecular weight excluding hydrogens is 228 g/mol. The molecule has 0 atom stereocenters. The summed E-state index contributed by atoms with van der Waals surface area (Å²) in [5, 5.41) is 9.37. The second kappa shape index (κ2) is 5.97. The molecule has 0 unspecified atom stereocenters. The Morgan fingerprint density at radius 3 is 2.78 bits per heavy atom. The monoisotopic (exact) mass is 244 g/mol. The van der Waals surface area contributed by atoms with Gasteiger partial charge in [-0.15, -0.1) is 0 Å². The molecular formula is C13H16N4O. The number of aromatic nitrogens is 2. The van der Waals surface area contributed by atoms with Gasteiger partial charge in [-0.25, -0.2) is 0 Å². The molecule has 0 aliphatic rings. The Kier molecular flexibility index (Phi) is 4.09. The number of amides is 1. The summed E-state index contributed by atoms with van der Waals surface area (Å²) in [6, 6.07) is 7.71. The molecule has 0 saturated heterocycles. The van der Waals surface area contributed by atoms with Crippen LogP contribution in [0.2, 0.25) is 0 Å². The number of nitrogens with two attached hydrogens (primary N) is 1. The van der Waals surface area contributed by atoms with E-state index in [1.54, 1.807) is 12.4 Å². The molecule has 0 fully saturated rings. The van der Waals surface area contributed by atoms with E-state index in [0.717, 1.165) is 16.7 Å². The number of benzene rings is 1. The fourth-order valence-electron chi connectivity index (χ4n) is 1.74. The van der Waals surface area contributed by atoms with E-state index in [-0.39, 0.29) is 5.91 Å². The van der Waals surface area contributed by atoms with Gasteiger partial charge in [0.2, 0.25) is 5.91 Å². The predicted molar refractivity (Wildman–Crippen MR) is 68.5 cm³/mol. The number of hydrogen-bond acceptors (Lipinski definition) is 3. The molecule has 0 spiro atoms. The molecule has 0 aliphatic heterocycles. The fourth-order valence-corrected chi connectivity index (χ4v) is 1.74. The van der Waals surface area contributed by atoms with Crippen LogP contribution in [-0.4, -0.2) is 16.1 Å². The first kappa shape index (κ1) is 12.3. The van der Waals surface area contributed by atoms with Gasteiger partial charge in [-0.3, -0.25) is 9.89 Å². The maximum atomic E-state index is 11.8. The van der Waals surface area contributed by atoms with Crippen molar-refractivity contribution in [1.82, 2.24) is 15.5 Å². The van der Waals surface area contributed by atoms with E-state index in [9.17, 15) is 4.79 Å². The van der Waals surface area contributed by atoms with Crippen LogP contribution >= 0.6 is 0 Å². The molecule has 1 heterocycles. The molecule has 2 rings (SSSR count). The third kappa shape index (κ3) is 3.18. The highest BCUT2D eigenvalue weighted by Crippen LogP contribution is 2.08. The van der Waals surface area contributed by atoms with E-state index in [4.69, 9.17) is 5.73 Å². The Balaban J connectivity index is 1.90. The molecule has 0 bridgehead atoms. The van der Waals surface area contributed by atoms with E-state index < -0.39 is 0 Å². The van der Waals surface area contributed by atoms with Crippen LogP contribution in [-0.2, 0) is 24.3 Å². The van der Waals surface area contributed by atoms with Crippen molar-refractivity contribution in [2.45, 2.75) is 19.5 Å². The molecule has 94 valence electrons. The maximum absolute atomic E-state index is 11.8. The Hall–Kier alpha value is -2.14. The first-order chi connectivity index (χ1) is 8.79. The summed E-state index contributed by atoms with van der Waals surface area (Å²) in [4.78, 5) is 11.8. The van der Waals surface area contributed by atoms with Crippen molar-refractivity contribution >= 4 is 5.91 Å². The zero-order valence-corrected chi connectivity index (χ0v) is 10.0. The minimum absolute atomic E-state index is 0.0166. The Labute approximate surface area is 105 Å². The quantitative estimate of drug-likeness (QED) is 0.725. The fraction of sp³-hybridized carbons (Fsp3) is 0.231. The predicted octanol–water partition coefficient (Wildman–Crippen LogP) is 0.727. The van der Waals surface area contributed by atoms with E-state index in [1.165, 1.54) is 0 Å². The number of carbonyl (C=O) groups is 1. The second-order valence-corrected chi connectivity index (χ2v) is 4.03. The molecule has 0 aliphatic carbocycles. The van der Waals surface area contributed by atoms with Gasteiger partial charge in [0, 0.05) is 24.8 Å². The summed E-state index contributed by atoms with van der Waals surface area (Å²) >= 11 is 0. The van der Waals surface area contributed by atoms with Crippen LogP contribution in [0.4, 0.5) is 0 Å². The normalized spacial score (nSPS) is 10.3. The topological polar surface area (TPSA) is 83.8 Å². The average Bonchev–Trinajstić information content (AvgIpc) is 2.90. The average molecular weight is 244 g/mol. The summed E-state index contributed by atoms with van der Waals surface area (Å²) in [6.07, 6.45) is 3.80. The third-order valence-electron chi connectivity index (χ3n) is 2.73. The number of nitrogens with one attached hydrogen (secondary N) is 2. The van der Waals surface area contributed by atoms with Gasteiger partial charge in [-0.1, -0.05) is 24.3 Å². The first-order valence-electron chi connectivity index (χ1n) is 5.81. The summed E-state index contributed by atoms with van der Waals surface area (Å²) in [5.41, 5.74) is 8.57. The van der Waals surface area contributed by atoms with Gasteiger partial charge >= 0.3 is 0 Å². The van der Waals surface area contributed by atoms with Gasteiger partial charge < -0.3 is 11.1 Å². The number of carbonyl (C=O) groups excluding carboxylic acids is 1. The van der Waals surface area contributed by atoms with Crippen molar-refractivity contribution < 1.29 is 4.79 Å². The second-order valence-electron chi connectivity index (χ2n) is 4.03. The van der Waals surface area contributed by atoms with Crippen LogP contribution in [0.1, 0.15) is 16.7 Å². The van der Waals surface area contributed by atoms with Gasteiger partial charge in [0.05, 0.1) is 12.6 Å². The van der Waals surface area contributed by atoms with E-state index in [0.29, 0.717) is 19.5 Å². The van der Waals surface area contributed by atoms with Crippen LogP contribution < -0.4 is 11.1 Å². The molecule has 0 saturated carbocycles. The number of aromatic amines is 1. The number of rotatable bonds is 5. The van der Waals surface area contributed by atoms with Crippen molar-refractivity contribution in [2.24, 2.45) is 5.73 Å². The number of H-pyrrole nitrogens is 1. The van der Waals surface area contributed by atoms with Crippen molar-refractivity contribution in [2.75, 3.05) is 0 Å². The molecule has 1 amide bonds. The summed E-state index contributed by atoms with van der Waals surface area (Å²) < 4.78 is 0. The third-order valence-corrected chi connectivity index (χ3v) is 2.73. The SMILES string of the molecule is NCc1ccccc1CC(=O)NCc1cn[nH]c1. The lowest BCUT2D eigenvalue weighted by Crippen LogP contribution is -2.25. The maximum Gasteiger partial charge on any atom is 0.224 e. The lowest BCUT2D eigenvalue weighted by atomic mass is 10.0. The van der Waals surface area contributed by atoms with Gasteiger partial charge in [0.25, 0.3) is 0 Å². The number of nitrogens with zero attached hydrogens (tertiary/aromatic N) is 1. The van der Waals surface area contributed by atoms with Crippen molar-refractivity contribution in [3.63, 3.8) is 0 Å². The van der Waals surface area contributed by atoms with Crippen LogP contribution in [0.3, 0.4) is 0 Å². The summed E-state index contributed by atoms with van der Waals surface area (Å²) in [6.45, 7) is 0.936. The number of hydrogen-bond donors (Lipinski definition) is 3. The van der Waals surface area contributed by atoms with Gasteiger partial charge in [0.15, 0.2) is 0 Å². The highest BCUT2D eigenvalue weighted by molar-refractivity contribution is 5.78. The van der Waals surface area contributed by atoms with E-state index in [2.05, 4.69) is 15.5 Å². The van der Waals surface area contributed by atoms with Crippen molar-refractivity contribution in [3.8, 4) is 0 Å². The van der Waals surface area contributed by atoms with Crippen LogP contribution in [0, 0.1) is 0 Å². The highest BCUT2D eigenvalue weighted by atomic mass is 16.1. The molecule has 1 aromatic heterocycles. The molecule has 0 radical (unpaired) electrons. The lowest BCUT2D eigenvalue weighted by Gasteiger charge is -2.07. The Morgan fingerprint density at radius 1 is 1.33 bits per heavy atom. The van der Waals surface area contributed by atoms with Crippen molar-refractivity contribution in [1.29, 1.82) is 0 Å². The summed E-state index contributed by atoms with van der Waals surface area (Å²) in [5.74, 6) is -0.0166. The molecule has 5 heteroatoms. The van der Waals surface area contributed by atoms with Crippen LogP contribution in [0.15, 0.2) is 36.7 Å². The summed E-state index contributed by atoms with van der Waals surface area (Å²) in [7, 11) is 0.